The molecule has 114 valence electrons. The van der Waals surface area contributed by atoms with Gasteiger partial charge in [-0.3, -0.25) is 0 Å². The molecule has 0 aliphatic carbocycles. The number of hydrogen-bond donors (Lipinski definition) is 1. The Hall–Kier alpha value is -1.29. The Bertz CT molecular complexity index is 410. The van der Waals surface area contributed by atoms with Crippen molar-refractivity contribution < 1.29 is 13.9 Å². The van der Waals surface area contributed by atoms with E-state index in [2.05, 4.69) is 12.2 Å². The van der Waals surface area contributed by atoms with Crippen LogP contribution in [0.3, 0.4) is 0 Å². The molecule has 0 aliphatic rings. The molecule has 0 heterocycles. The molecule has 3 nitrogen and oxygen atoms in total. The fourth-order valence-electron chi connectivity index (χ4n) is 2.37. The third kappa shape index (κ3) is 4.37. The number of rotatable bonds is 9. The Morgan fingerprint density at radius 1 is 1.10 bits per heavy atom. The average Bonchev–Trinajstić information content (AvgIpc) is 2.47. The van der Waals surface area contributed by atoms with Gasteiger partial charge in [0, 0.05) is 17.7 Å². The molecule has 0 saturated carbocycles. The first-order chi connectivity index (χ1) is 9.67. The topological polar surface area (TPSA) is 30.5 Å². The first-order valence-corrected chi connectivity index (χ1v) is 7.26. The molecular weight excluding hydrogens is 257 g/mol. The third-order valence-electron chi connectivity index (χ3n) is 3.57. The zero-order chi connectivity index (χ0) is 15.0. The molecule has 0 radical (unpaired) electrons. The quantitative estimate of drug-likeness (QED) is 0.693. The number of halogens is 1. The van der Waals surface area contributed by atoms with Gasteiger partial charge in [0.1, 0.15) is 5.82 Å². The summed E-state index contributed by atoms with van der Waals surface area (Å²) in [5.74, 6) is 0.741. The summed E-state index contributed by atoms with van der Waals surface area (Å²) in [6.07, 6.45) is 5.62. The summed E-state index contributed by atoms with van der Waals surface area (Å²) in [5.41, 5.74) is 0.640. The van der Waals surface area contributed by atoms with E-state index in [1.165, 1.54) is 32.4 Å². The van der Waals surface area contributed by atoms with E-state index >= 15 is 0 Å². The van der Waals surface area contributed by atoms with E-state index in [9.17, 15) is 4.39 Å². The molecule has 0 fully saturated rings. The largest absolute Gasteiger partial charge is 0.493 e. The summed E-state index contributed by atoms with van der Waals surface area (Å²) in [4.78, 5) is 0. The summed E-state index contributed by atoms with van der Waals surface area (Å²) in [7, 11) is 4.94. The van der Waals surface area contributed by atoms with Crippen LogP contribution in [0.2, 0.25) is 0 Å². The minimum Gasteiger partial charge on any atom is -0.493 e. The molecule has 1 aromatic rings. The number of methoxy groups -OCH3 is 2. The molecule has 4 heteroatoms. The maximum Gasteiger partial charge on any atom is 0.163 e. The lowest BCUT2D eigenvalue weighted by atomic mass is 9.99. The van der Waals surface area contributed by atoms with Gasteiger partial charge >= 0.3 is 0 Å². The molecule has 1 aromatic carbocycles. The van der Waals surface area contributed by atoms with Gasteiger partial charge in [-0.2, -0.15) is 0 Å². The maximum atomic E-state index is 14.2. The number of ether oxygens (including phenoxy) is 2. The molecule has 0 spiro atoms. The predicted molar refractivity (Wildman–Crippen MR) is 80.1 cm³/mol. The normalized spacial score (nSPS) is 12.2. The van der Waals surface area contributed by atoms with Crippen molar-refractivity contribution in [2.24, 2.45) is 0 Å². The van der Waals surface area contributed by atoms with E-state index < -0.39 is 0 Å². The van der Waals surface area contributed by atoms with Crippen LogP contribution in [0.1, 0.15) is 50.6 Å². The minimum atomic E-state index is -0.252. The summed E-state index contributed by atoms with van der Waals surface area (Å²) in [6, 6.07) is 3.13. The van der Waals surface area contributed by atoms with Gasteiger partial charge in [0.25, 0.3) is 0 Å². The Labute approximate surface area is 121 Å². The second-order valence-corrected chi connectivity index (χ2v) is 4.92. The number of benzene rings is 1. The molecule has 0 bridgehead atoms. The van der Waals surface area contributed by atoms with E-state index in [-0.39, 0.29) is 11.9 Å². The van der Waals surface area contributed by atoms with Crippen LogP contribution >= 0.6 is 0 Å². The number of nitrogens with one attached hydrogen (secondary N) is 1. The predicted octanol–water partition coefficient (Wildman–Crippen LogP) is 4.07. The van der Waals surface area contributed by atoms with E-state index in [1.54, 1.807) is 13.2 Å². The molecular formula is C16H26FNO2. The van der Waals surface area contributed by atoms with Gasteiger partial charge in [-0.15, -0.1) is 0 Å². The highest BCUT2D eigenvalue weighted by molar-refractivity contribution is 5.44. The highest BCUT2D eigenvalue weighted by Crippen LogP contribution is 2.33. The van der Waals surface area contributed by atoms with Crippen molar-refractivity contribution >= 4 is 0 Å². The van der Waals surface area contributed by atoms with Crippen LogP contribution in [0, 0.1) is 5.82 Å². The Kier molecular flexibility index (Phi) is 7.37. The summed E-state index contributed by atoms with van der Waals surface area (Å²) >= 11 is 0. The molecule has 20 heavy (non-hydrogen) atoms. The van der Waals surface area contributed by atoms with E-state index in [0.29, 0.717) is 17.1 Å². The van der Waals surface area contributed by atoms with Gasteiger partial charge in [-0.05, 0) is 19.5 Å². The zero-order valence-electron chi connectivity index (χ0n) is 13.0. The summed E-state index contributed by atoms with van der Waals surface area (Å²) in [6.45, 7) is 2.18. The van der Waals surface area contributed by atoms with Gasteiger partial charge in [-0.25, -0.2) is 4.39 Å². The fraction of sp³-hybridized carbons (Fsp3) is 0.625. The van der Waals surface area contributed by atoms with Gasteiger partial charge in [0.2, 0.25) is 0 Å². The lowest BCUT2D eigenvalue weighted by Gasteiger charge is -2.19. The van der Waals surface area contributed by atoms with Crippen LogP contribution in [0.5, 0.6) is 11.5 Å². The van der Waals surface area contributed by atoms with Gasteiger partial charge in [0.15, 0.2) is 11.5 Å². The molecule has 0 saturated heterocycles. The molecule has 1 N–H and O–H groups in total. The van der Waals surface area contributed by atoms with Crippen molar-refractivity contribution in [3.63, 3.8) is 0 Å². The summed E-state index contributed by atoms with van der Waals surface area (Å²) < 4.78 is 24.6. The van der Waals surface area contributed by atoms with Crippen molar-refractivity contribution in [2.45, 2.75) is 45.1 Å². The maximum absolute atomic E-state index is 14.2. The Balaban J connectivity index is 2.85. The van der Waals surface area contributed by atoms with E-state index in [1.807, 2.05) is 7.05 Å². The number of hydrogen-bond acceptors (Lipinski definition) is 3. The van der Waals surface area contributed by atoms with Crippen molar-refractivity contribution in [2.75, 3.05) is 21.3 Å². The average molecular weight is 283 g/mol. The van der Waals surface area contributed by atoms with Crippen molar-refractivity contribution in [1.29, 1.82) is 0 Å². The second kappa shape index (κ2) is 8.80. The molecule has 0 aliphatic heterocycles. The smallest absolute Gasteiger partial charge is 0.163 e. The lowest BCUT2D eigenvalue weighted by Crippen LogP contribution is -2.18. The molecule has 1 unspecified atom stereocenters. The van der Waals surface area contributed by atoms with Crippen molar-refractivity contribution in [3.8, 4) is 11.5 Å². The van der Waals surface area contributed by atoms with Gasteiger partial charge < -0.3 is 14.8 Å². The summed E-state index contributed by atoms with van der Waals surface area (Å²) in [5, 5.41) is 3.19. The lowest BCUT2D eigenvalue weighted by molar-refractivity contribution is 0.349. The van der Waals surface area contributed by atoms with Crippen LogP contribution < -0.4 is 14.8 Å². The van der Waals surface area contributed by atoms with Crippen molar-refractivity contribution in [3.05, 3.63) is 23.5 Å². The van der Waals surface area contributed by atoms with Crippen LogP contribution in [-0.4, -0.2) is 21.3 Å². The number of unbranched alkanes of at least 4 members (excludes halogenated alkanes) is 3. The van der Waals surface area contributed by atoms with Gasteiger partial charge in [0.05, 0.1) is 14.2 Å². The van der Waals surface area contributed by atoms with E-state index in [4.69, 9.17) is 9.47 Å². The molecule has 0 aromatic heterocycles. The minimum absolute atomic E-state index is 0.00617. The van der Waals surface area contributed by atoms with Crippen LogP contribution in [0.4, 0.5) is 4.39 Å². The first kappa shape index (κ1) is 16.8. The van der Waals surface area contributed by atoms with Crippen LogP contribution in [0.25, 0.3) is 0 Å². The molecule has 1 rings (SSSR count). The molecule has 1 atom stereocenters. The highest BCUT2D eigenvalue weighted by atomic mass is 19.1. The van der Waals surface area contributed by atoms with Crippen LogP contribution in [0.15, 0.2) is 12.1 Å². The van der Waals surface area contributed by atoms with E-state index in [0.717, 1.165) is 12.8 Å². The SMILES string of the molecule is CCCCCCC(NC)c1cc(OC)c(OC)cc1F. The first-order valence-electron chi connectivity index (χ1n) is 7.26. The second-order valence-electron chi connectivity index (χ2n) is 4.92. The Morgan fingerprint density at radius 3 is 2.30 bits per heavy atom. The monoisotopic (exact) mass is 283 g/mol. The highest BCUT2D eigenvalue weighted by Gasteiger charge is 2.17. The van der Waals surface area contributed by atoms with Gasteiger partial charge in [-0.1, -0.05) is 32.6 Å². The Morgan fingerprint density at radius 2 is 1.75 bits per heavy atom. The zero-order valence-corrected chi connectivity index (χ0v) is 13.0. The molecule has 0 amide bonds. The van der Waals surface area contributed by atoms with Crippen LogP contribution in [-0.2, 0) is 0 Å². The standard InChI is InChI=1S/C16H26FNO2/c1-5-6-7-8-9-14(18-2)12-10-15(19-3)16(20-4)11-13(12)17/h10-11,14,18H,5-9H2,1-4H3. The third-order valence-corrected chi connectivity index (χ3v) is 3.57. The van der Waals surface area contributed by atoms with Crippen molar-refractivity contribution in [1.82, 2.24) is 5.32 Å². The fourth-order valence-corrected chi connectivity index (χ4v) is 2.37.